The Kier molecular flexibility index (Phi) is 6.04. The Morgan fingerprint density at radius 3 is 2.47 bits per heavy atom. The molecule has 0 aliphatic heterocycles. The summed E-state index contributed by atoms with van der Waals surface area (Å²) in [5.41, 5.74) is 0. The average Bonchev–Trinajstić information content (AvgIpc) is 2.26. The molecule has 0 aliphatic carbocycles. The van der Waals surface area contributed by atoms with Gasteiger partial charge >= 0.3 is 0 Å². The van der Waals surface area contributed by atoms with Gasteiger partial charge in [0.2, 0.25) is 5.95 Å². The van der Waals surface area contributed by atoms with Gasteiger partial charge in [-0.05, 0) is 12.8 Å². The van der Waals surface area contributed by atoms with Gasteiger partial charge in [-0.3, -0.25) is 0 Å². The smallest absolute Gasteiger partial charge is 0.222 e. The van der Waals surface area contributed by atoms with Crippen molar-refractivity contribution in [2.24, 2.45) is 0 Å². The van der Waals surface area contributed by atoms with E-state index in [1.165, 1.54) is 0 Å². The third kappa shape index (κ3) is 5.54. The SMILES string of the molecule is OCCCCCCNc1ncc(Cl)cn1. The lowest BCUT2D eigenvalue weighted by molar-refractivity contribution is 0.283. The molecule has 1 aromatic rings. The maximum absolute atomic E-state index is 8.58. The van der Waals surface area contributed by atoms with Gasteiger partial charge in [0.1, 0.15) is 0 Å². The number of unbranched alkanes of at least 4 members (excludes halogenated alkanes) is 3. The Bertz CT molecular complexity index is 266. The van der Waals surface area contributed by atoms with Crippen molar-refractivity contribution >= 4 is 17.5 Å². The lowest BCUT2D eigenvalue weighted by Gasteiger charge is -2.03. The molecule has 1 rings (SSSR count). The van der Waals surface area contributed by atoms with E-state index >= 15 is 0 Å². The van der Waals surface area contributed by atoms with Crippen molar-refractivity contribution in [3.8, 4) is 0 Å². The quantitative estimate of drug-likeness (QED) is 0.703. The molecule has 2 N–H and O–H groups in total. The molecular formula is C10H16ClN3O. The standard InChI is InChI=1S/C10H16ClN3O/c11-9-7-13-10(14-8-9)12-5-3-1-2-4-6-15/h7-8,15H,1-6H2,(H,12,13,14). The zero-order valence-electron chi connectivity index (χ0n) is 8.62. The normalized spacial score (nSPS) is 10.3. The van der Waals surface area contributed by atoms with Gasteiger partial charge in [-0.15, -0.1) is 0 Å². The first-order chi connectivity index (χ1) is 7.33. The van der Waals surface area contributed by atoms with Crippen LogP contribution in [0.5, 0.6) is 0 Å². The van der Waals surface area contributed by atoms with Crippen LogP contribution in [0.2, 0.25) is 5.02 Å². The van der Waals surface area contributed by atoms with Crippen molar-refractivity contribution in [3.05, 3.63) is 17.4 Å². The summed E-state index contributed by atoms with van der Waals surface area (Å²) in [5, 5.41) is 12.2. The van der Waals surface area contributed by atoms with Crippen molar-refractivity contribution in [2.45, 2.75) is 25.7 Å². The number of nitrogens with zero attached hydrogens (tertiary/aromatic N) is 2. The number of aliphatic hydroxyl groups is 1. The molecule has 1 aromatic heterocycles. The number of nitrogens with one attached hydrogen (secondary N) is 1. The van der Waals surface area contributed by atoms with Gasteiger partial charge in [-0.2, -0.15) is 0 Å². The Morgan fingerprint density at radius 2 is 1.80 bits per heavy atom. The highest BCUT2D eigenvalue weighted by molar-refractivity contribution is 6.30. The van der Waals surface area contributed by atoms with Crippen LogP contribution in [0.3, 0.4) is 0 Å². The number of hydrogen-bond acceptors (Lipinski definition) is 4. The fourth-order valence-corrected chi connectivity index (χ4v) is 1.29. The predicted octanol–water partition coefficient (Wildman–Crippen LogP) is 2.09. The molecule has 5 heteroatoms. The highest BCUT2D eigenvalue weighted by atomic mass is 35.5. The molecule has 0 bridgehead atoms. The Labute approximate surface area is 94.7 Å². The molecule has 0 spiro atoms. The summed E-state index contributed by atoms with van der Waals surface area (Å²) in [6.07, 6.45) is 7.27. The van der Waals surface area contributed by atoms with Crippen LogP contribution < -0.4 is 5.32 Å². The highest BCUT2D eigenvalue weighted by Gasteiger charge is 1.94. The second-order valence-electron chi connectivity index (χ2n) is 3.29. The predicted molar refractivity (Wildman–Crippen MR) is 61.1 cm³/mol. The van der Waals surface area contributed by atoms with Crippen LogP contribution in [0.1, 0.15) is 25.7 Å². The maximum Gasteiger partial charge on any atom is 0.222 e. The molecular weight excluding hydrogens is 214 g/mol. The third-order valence-electron chi connectivity index (χ3n) is 1.99. The summed E-state index contributed by atoms with van der Waals surface area (Å²) < 4.78 is 0. The van der Waals surface area contributed by atoms with Crippen LogP contribution in [-0.2, 0) is 0 Å². The van der Waals surface area contributed by atoms with Crippen LogP contribution in [0.4, 0.5) is 5.95 Å². The van der Waals surface area contributed by atoms with E-state index in [-0.39, 0.29) is 6.61 Å². The second-order valence-corrected chi connectivity index (χ2v) is 3.73. The zero-order chi connectivity index (χ0) is 10.9. The first-order valence-electron chi connectivity index (χ1n) is 5.15. The molecule has 0 aliphatic rings. The molecule has 0 fully saturated rings. The summed E-state index contributed by atoms with van der Waals surface area (Å²) in [5.74, 6) is 0.613. The van der Waals surface area contributed by atoms with Crippen LogP contribution >= 0.6 is 11.6 Å². The second kappa shape index (κ2) is 7.43. The summed E-state index contributed by atoms with van der Waals surface area (Å²) in [4.78, 5) is 8.04. The van der Waals surface area contributed by atoms with Gasteiger partial charge < -0.3 is 10.4 Å². The Morgan fingerprint density at radius 1 is 1.13 bits per heavy atom. The van der Waals surface area contributed by atoms with E-state index in [1.54, 1.807) is 12.4 Å². The molecule has 0 saturated carbocycles. The minimum absolute atomic E-state index is 0.285. The third-order valence-corrected chi connectivity index (χ3v) is 2.18. The van der Waals surface area contributed by atoms with Gasteiger partial charge in [0.05, 0.1) is 17.4 Å². The summed E-state index contributed by atoms with van der Waals surface area (Å²) in [7, 11) is 0. The van der Waals surface area contributed by atoms with Gasteiger partial charge in [-0.1, -0.05) is 24.4 Å². The summed E-state index contributed by atoms with van der Waals surface area (Å²) >= 11 is 5.65. The van der Waals surface area contributed by atoms with Crippen molar-refractivity contribution in [2.75, 3.05) is 18.5 Å². The molecule has 84 valence electrons. The van der Waals surface area contributed by atoms with Gasteiger partial charge in [0.25, 0.3) is 0 Å². The lowest BCUT2D eigenvalue weighted by atomic mass is 10.2. The van der Waals surface area contributed by atoms with Crippen LogP contribution in [0.15, 0.2) is 12.4 Å². The number of aliphatic hydroxyl groups excluding tert-OH is 1. The van der Waals surface area contributed by atoms with Crippen molar-refractivity contribution in [1.82, 2.24) is 9.97 Å². The Balaban J connectivity index is 2.07. The molecule has 0 aromatic carbocycles. The fourth-order valence-electron chi connectivity index (χ4n) is 1.19. The monoisotopic (exact) mass is 229 g/mol. The number of anilines is 1. The minimum Gasteiger partial charge on any atom is -0.396 e. The van der Waals surface area contributed by atoms with E-state index < -0.39 is 0 Å². The first kappa shape index (κ1) is 12.2. The molecule has 0 amide bonds. The molecule has 0 unspecified atom stereocenters. The van der Waals surface area contributed by atoms with E-state index in [0.29, 0.717) is 11.0 Å². The Hall–Kier alpha value is -0.870. The molecule has 4 nitrogen and oxygen atoms in total. The van der Waals surface area contributed by atoms with E-state index in [4.69, 9.17) is 16.7 Å². The maximum atomic E-state index is 8.58. The summed E-state index contributed by atoms with van der Waals surface area (Å²) in [6.45, 7) is 1.14. The molecule has 0 saturated heterocycles. The van der Waals surface area contributed by atoms with Gasteiger partial charge in [0, 0.05) is 13.2 Å². The van der Waals surface area contributed by atoms with Gasteiger partial charge in [0.15, 0.2) is 0 Å². The largest absolute Gasteiger partial charge is 0.396 e. The number of hydrogen-bond donors (Lipinski definition) is 2. The van der Waals surface area contributed by atoms with Crippen LogP contribution in [-0.4, -0.2) is 28.2 Å². The summed E-state index contributed by atoms with van der Waals surface area (Å²) in [6, 6.07) is 0. The van der Waals surface area contributed by atoms with Gasteiger partial charge in [-0.25, -0.2) is 9.97 Å². The minimum atomic E-state index is 0.285. The average molecular weight is 230 g/mol. The molecule has 15 heavy (non-hydrogen) atoms. The zero-order valence-corrected chi connectivity index (χ0v) is 9.37. The van der Waals surface area contributed by atoms with Crippen molar-refractivity contribution in [1.29, 1.82) is 0 Å². The number of halogens is 1. The van der Waals surface area contributed by atoms with E-state index in [0.717, 1.165) is 32.2 Å². The van der Waals surface area contributed by atoms with Crippen molar-refractivity contribution in [3.63, 3.8) is 0 Å². The van der Waals surface area contributed by atoms with Crippen molar-refractivity contribution < 1.29 is 5.11 Å². The molecule has 1 heterocycles. The van der Waals surface area contributed by atoms with E-state index in [1.807, 2.05) is 0 Å². The highest BCUT2D eigenvalue weighted by Crippen LogP contribution is 2.06. The molecule has 0 radical (unpaired) electrons. The number of aromatic nitrogens is 2. The van der Waals surface area contributed by atoms with E-state index in [9.17, 15) is 0 Å². The molecule has 0 atom stereocenters. The topological polar surface area (TPSA) is 58.0 Å². The van der Waals surface area contributed by atoms with Crippen LogP contribution in [0.25, 0.3) is 0 Å². The lowest BCUT2D eigenvalue weighted by Crippen LogP contribution is -2.04. The van der Waals surface area contributed by atoms with Crippen LogP contribution in [0, 0.1) is 0 Å². The van der Waals surface area contributed by atoms with E-state index in [2.05, 4.69) is 15.3 Å². The number of rotatable bonds is 7. The fraction of sp³-hybridized carbons (Fsp3) is 0.600. The first-order valence-corrected chi connectivity index (χ1v) is 5.53.